The van der Waals surface area contributed by atoms with Gasteiger partial charge in [0.2, 0.25) is 0 Å². The summed E-state index contributed by atoms with van der Waals surface area (Å²) in [6.07, 6.45) is 2.28. The minimum Gasteiger partial charge on any atom is -0.495 e. The van der Waals surface area contributed by atoms with Crippen LogP contribution in [0.25, 0.3) is 10.9 Å². The van der Waals surface area contributed by atoms with E-state index in [2.05, 4.69) is 40.3 Å². The van der Waals surface area contributed by atoms with Gasteiger partial charge < -0.3 is 19.7 Å². The monoisotopic (exact) mass is 445 g/mol. The van der Waals surface area contributed by atoms with Gasteiger partial charge in [0.1, 0.15) is 17.4 Å². The standard InChI is InChI=1S/C26H31N5O2/c1-16-19(15-27)7-6-8-21(16)17(2)28-26-22-13-24(31-11-9-20(32-4)10-12-31)25(33-5)14-23(22)29-18(3)30-26/h6-8,13-14,17,20H,9-12H2,1-5H3,(H,28,29,30). The SMILES string of the molecule is COc1cc2nc(C)nc(NC(C)c3cccc(C#N)c3C)c2cc1N1CCC(OC)CC1. The quantitative estimate of drug-likeness (QED) is 0.577. The van der Waals surface area contributed by atoms with Crippen LogP contribution in [0.3, 0.4) is 0 Å². The summed E-state index contributed by atoms with van der Waals surface area (Å²) in [4.78, 5) is 11.8. The number of aromatic nitrogens is 2. The highest BCUT2D eigenvalue weighted by atomic mass is 16.5. The largest absolute Gasteiger partial charge is 0.495 e. The number of hydrogen-bond donors (Lipinski definition) is 1. The number of rotatable bonds is 6. The van der Waals surface area contributed by atoms with Crippen LogP contribution in [0.5, 0.6) is 5.75 Å². The van der Waals surface area contributed by atoms with Crippen molar-refractivity contribution in [2.45, 2.75) is 45.8 Å². The second-order valence-electron chi connectivity index (χ2n) is 8.58. The van der Waals surface area contributed by atoms with E-state index < -0.39 is 0 Å². The van der Waals surface area contributed by atoms with Crippen molar-refractivity contribution >= 4 is 22.4 Å². The Labute approximate surface area is 195 Å². The third kappa shape index (κ3) is 4.57. The molecule has 172 valence electrons. The van der Waals surface area contributed by atoms with Crippen molar-refractivity contribution in [2.75, 3.05) is 37.5 Å². The Morgan fingerprint density at radius 3 is 2.58 bits per heavy atom. The molecule has 2 heterocycles. The molecule has 0 saturated carbocycles. The van der Waals surface area contributed by atoms with Gasteiger partial charge >= 0.3 is 0 Å². The Morgan fingerprint density at radius 1 is 1.15 bits per heavy atom. The van der Waals surface area contributed by atoms with Crippen molar-refractivity contribution in [2.24, 2.45) is 0 Å². The maximum atomic E-state index is 9.41. The Bertz CT molecular complexity index is 1200. The molecule has 0 aliphatic carbocycles. The van der Waals surface area contributed by atoms with Crippen molar-refractivity contribution < 1.29 is 9.47 Å². The van der Waals surface area contributed by atoms with E-state index in [1.54, 1.807) is 14.2 Å². The number of hydrogen-bond acceptors (Lipinski definition) is 7. The number of nitrogens with zero attached hydrogens (tertiary/aromatic N) is 4. The predicted octanol–water partition coefficient (Wildman–Crippen LogP) is 4.92. The molecule has 2 aromatic carbocycles. The Kier molecular flexibility index (Phi) is 6.66. The van der Waals surface area contributed by atoms with Crippen LogP contribution in [0, 0.1) is 25.2 Å². The number of benzene rings is 2. The molecule has 1 aromatic heterocycles. The van der Waals surface area contributed by atoms with Gasteiger partial charge in [-0.2, -0.15) is 5.26 Å². The van der Waals surface area contributed by atoms with Crippen molar-refractivity contribution in [1.82, 2.24) is 9.97 Å². The normalized spacial score (nSPS) is 15.3. The lowest BCUT2D eigenvalue weighted by Gasteiger charge is -2.34. The van der Waals surface area contributed by atoms with Gasteiger partial charge in [0.25, 0.3) is 0 Å². The third-order valence-corrected chi connectivity index (χ3v) is 6.54. The van der Waals surface area contributed by atoms with Crippen molar-refractivity contribution in [3.8, 4) is 11.8 Å². The van der Waals surface area contributed by atoms with Gasteiger partial charge in [-0.25, -0.2) is 9.97 Å². The summed E-state index contributed by atoms with van der Waals surface area (Å²) >= 11 is 0. The zero-order chi connectivity index (χ0) is 23.5. The fraction of sp³-hybridized carbons (Fsp3) is 0.423. The highest BCUT2D eigenvalue weighted by molar-refractivity contribution is 5.94. The molecule has 1 unspecified atom stereocenters. The van der Waals surface area contributed by atoms with Crippen LogP contribution in [0.4, 0.5) is 11.5 Å². The first kappa shape index (κ1) is 22.8. The van der Waals surface area contributed by atoms with Gasteiger partial charge in [0.05, 0.1) is 42.1 Å². The van der Waals surface area contributed by atoms with E-state index >= 15 is 0 Å². The Hall–Kier alpha value is -3.37. The minimum atomic E-state index is -0.0289. The molecule has 1 N–H and O–H groups in total. The van der Waals surface area contributed by atoms with Crippen LogP contribution < -0.4 is 15.0 Å². The van der Waals surface area contributed by atoms with Gasteiger partial charge in [0, 0.05) is 31.7 Å². The highest BCUT2D eigenvalue weighted by Crippen LogP contribution is 2.37. The number of fused-ring (bicyclic) bond motifs is 1. The number of aryl methyl sites for hydroxylation is 1. The van der Waals surface area contributed by atoms with E-state index in [0.717, 1.165) is 65.2 Å². The number of nitrogens with one attached hydrogen (secondary N) is 1. The fourth-order valence-corrected chi connectivity index (χ4v) is 4.64. The third-order valence-electron chi connectivity index (χ3n) is 6.54. The fourth-order valence-electron chi connectivity index (χ4n) is 4.64. The molecule has 0 spiro atoms. The molecule has 0 amide bonds. The molecule has 7 nitrogen and oxygen atoms in total. The van der Waals surface area contributed by atoms with Crippen LogP contribution in [0.15, 0.2) is 30.3 Å². The van der Waals surface area contributed by atoms with Crippen LogP contribution in [0.1, 0.15) is 48.3 Å². The van der Waals surface area contributed by atoms with Crippen LogP contribution in [0.2, 0.25) is 0 Å². The van der Waals surface area contributed by atoms with E-state index in [1.165, 1.54) is 0 Å². The van der Waals surface area contributed by atoms with E-state index in [9.17, 15) is 5.26 Å². The van der Waals surface area contributed by atoms with E-state index in [-0.39, 0.29) is 6.04 Å². The molecule has 33 heavy (non-hydrogen) atoms. The molecule has 0 radical (unpaired) electrons. The van der Waals surface area contributed by atoms with Crippen molar-refractivity contribution in [1.29, 1.82) is 5.26 Å². The molecule has 3 aromatic rings. The molecule has 1 aliphatic rings. The van der Waals surface area contributed by atoms with Crippen molar-refractivity contribution in [3.05, 3.63) is 52.8 Å². The lowest BCUT2D eigenvalue weighted by Crippen LogP contribution is -2.36. The first-order chi connectivity index (χ1) is 15.9. The highest BCUT2D eigenvalue weighted by Gasteiger charge is 2.23. The van der Waals surface area contributed by atoms with Crippen LogP contribution in [-0.2, 0) is 4.74 Å². The summed E-state index contributed by atoms with van der Waals surface area (Å²) in [6, 6.07) is 12.2. The number of anilines is 2. The first-order valence-electron chi connectivity index (χ1n) is 11.4. The summed E-state index contributed by atoms with van der Waals surface area (Å²) in [5, 5.41) is 13.9. The summed E-state index contributed by atoms with van der Waals surface area (Å²) in [5.41, 5.74) is 4.64. The van der Waals surface area contributed by atoms with Gasteiger partial charge in [-0.1, -0.05) is 12.1 Å². The lowest BCUT2D eigenvalue weighted by atomic mass is 9.98. The summed E-state index contributed by atoms with van der Waals surface area (Å²) in [5.74, 6) is 2.28. The van der Waals surface area contributed by atoms with Gasteiger partial charge in [-0.3, -0.25) is 0 Å². The first-order valence-corrected chi connectivity index (χ1v) is 11.4. The predicted molar refractivity (Wildman–Crippen MR) is 131 cm³/mol. The van der Waals surface area contributed by atoms with E-state index in [1.807, 2.05) is 32.0 Å². The summed E-state index contributed by atoms with van der Waals surface area (Å²) < 4.78 is 11.3. The molecule has 7 heteroatoms. The Balaban J connectivity index is 1.73. The average molecular weight is 446 g/mol. The Morgan fingerprint density at radius 2 is 1.91 bits per heavy atom. The molecule has 1 saturated heterocycles. The number of piperidine rings is 1. The number of nitriles is 1. The second-order valence-corrected chi connectivity index (χ2v) is 8.58. The molecular weight excluding hydrogens is 414 g/mol. The molecule has 1 atom stereocenters. The minimum absolute atomic E-state index is 0.0289. The van der Waals surface area contributed by atoms with Crippen molar-refractivity contribution in [3.63, 3.8) is 0 Å². The summed E-state index contributed by atoms with van der Waals surface area (Å²) in [6.45, 7) is 7.79. The molecule has 4 rings (SSSR count). The molecular formula is C26H31N5O2. The number of methoxy groups -OCH3 is 2. The van der Waals surface area contributed by atoms with Crippen LogP contribution in [-0.4, -0.2) is 43.4 Å². The summed E-state index contributed by atoms with van der Waals surface area (Å²) in [7, 11) is 3.48. The van der Waals surface area contributed by atoms with Gasteiger partial charge in [0.15, 0.2) is 0 Å². The van der Waals surface area contributed by atoms with E-state index in [0.29, 0.717) is 17.5 Å². The maximum Gasteiger partial charge on any atom is 0.144 e. The molecule has 1 aliphatic heterocycles. The lowest BCUT2D eigenvalue weighted by molar-refractivity contribution is 0.0818. The molecule has 1 fully saturated rings. The topological polar surface area (TPSA) is 83.3 Å². The second kappa shape index (κ2) is 9.63. The molecule has 0 bridgehead atoms. The number of ether oxygens (including phenoxy) is 2. The zero-order valence-electron chi connectivity index (χ0n) is 20.0. The average Bonchev–Trinajstić information content (AvgIpc) is 2.83. The maximum absolute atomic E-state index is 9.41. The van der Waals surface area contributed by atoms with Crippen LogP contribution >= 0.6 is 0 Å². The zero-order valence-corrected chi connectivity index (χ0v) is 20.0. The van der Waals surface area contributed by atoms with E-state index in [4.69, 9.17) is 14.5 Å². The van der Waals surface area contributed by atoms with Gasteiger partial charge in [-0.15, -0.1) is 0 Å². The smallest absolute Gasteiger partial charge is 0.144 e. The van der Waals surface area contributed by atoms with Gasteiger partial charge in [-0.05, 0) is 56.9 Å².